The lowest BCUT2D eigenvalue weighted by Gasteiger charge is -2.11. The van der Waals surface area contributed by atoms with Gasteiger partial charge in [0.05, 0.1) is 11.7 Å². The monoisotopic (exact) mass is 328 g/mol. The number of nitrogens with zero attached hydrogens (tertiary/aromatic N) is 6. The van der Waals surface area contributed by atoms with E-state index >= 15 is 0 Å². The van der Waals surface area contributed by atoms with Crippen LogP contribution in [0.15, 0.2) is 30.6 Å². The van der Waals surface area contributed by atoms with Gasteiger partial charge in [0.15, 0.2) is 12.4 Å². The average molecular weight is 328 g/mol. The summed E-state index contributed by atoms with van der Waals surface area (Å²) in [5, 5.41) is 20.5. The van der Waals surface area contributed by atoms with Crippen molar-refractivity contribution in [3.05, 3.63) is 42.2 Å². The third-order valence-electron chi connectivity index (χ3n) is 3.20. The van der Waals surface area contributed by atoms with Gasteiger partial charge in [-0.2, -0.15) is 5.10 Å². The van der Waals surface area contributed by atoms with Crippen molar-refractivity contribution in [2.75, 3.05) is 6.61 Å². The second-order valence-corrected chi connectivity index (χ2v) is 5.11. The number of hydrogen-bond donors (Lipinski definition) is 2. The predicted octanol–water partition coefficient (Wildman–Crippen LogP) is 0.345. The van der Waals surface area contributed by atoms with Crippen LogP contribution in [0.2, 0.25) is 0 Å². The van der Waals surface area contributed by atoms with Crippen LogP contribution in [0.1, 0.15) is 24.6 Å². The smallest absolute Gasteiger partial charge is 0.258 e. The molecule has 0 radical (unpaired) electrons. The van der Waals surface area contributed by atoms with Crippen molar-refractivity contribution in [2.24, 2.45) is 0 Å². The quantitative estimate of drug-likeness (QED) is 0.669. The molecule has 0 aliphatic rings. The molecule has 1 aromatic carbocycles. The highest BCUT2D eigenvalue weighted by molar-refractivity contribution is 5.77. The molecular weight excluding hydrogens is 312 g/mol. The van der Waals surface area contributed by atoms with E-state index in [1.54, 1.807) is 31.2 Å². The van der Waals surface area contributed by atoms with Gasteiger partial charge in [0.2, 0.25) is 0 Å². The first-order chi connectivity index (χ1) is 11.6. The van der Waals surface area contributed by atoms with Gasteiger partial charge in [-0.15, -0.1) is 5.10 Å². The normalized spacial score (nSPS) is 11.9. The topological polar surface area (TPSA) is 124 Å². The van der Waals surface area contributed by atoms with Crippen LogP contribution in [0, 0.1) is 6.92 Å². The van der Waals surface area contributed by atoms with Gasteiger partial charge >= 0.3 is 0 Å². The number of rotatable bonds is 6. The SMILES string of the molecule is Cc1nc([C@H](C)NC(=O)COc2ccc(-n3cnnn3)cc2)n[nH]1. The molecule has 0 bridgehead atoms. The van der Waals surface area contributed by atoms with E-state index in [-0.39, 0.29) is 18.6 Å². The summed E-state index contributed by atoms with van der Waals surface area (Å²) in [6.45, 7) is 3.51. The number of carbonyl (C=O) groups is 1. The van der Waals surface area contributed by atoms with Crippen molar-refractivity contribution < 1.29 is 9.53 Å². The van der Waals surface area contributed by atoms with Gasteiger partial charge in [-0.3, -0.25) is 9.89 Å². The molecule has 3 rings (SSSR count). The summed E-state index contributed by atoms with van der Waals surface area (Å²) in [6.07, 6.45) is 1.50. The van der Waals surface area contributed by atoms with Crippen LogP contribution in [0.25, 0.3) is 5.69 Å². The Morgan fingerprint density at radius 2 is 2.17 bits per heavy atom. The fraction of sp³-hybridized carbons (Fsp3) is 0.286. The van der Waals surface area contributed by atoms with Crippen molar-refractivity contribution in [3.63, 3.8) is 0 Å². The fourth-order valence-corrected chi connectivity index (χ4v) is 2.02. The molecule has 1 amide bonds. The van der Waals surface area contributed by atoms with E-state index < -0.39 is 0 Å². The van der Waals surface area contributed by atoms with E-state index in [0.717, 1.165) is 5.69 Å². The summed E-state index contributed by atoms with van der Waals surface area (Å²) in [6, 6.07) is 6.78. The first-order valence-electron chi connectivity index (χ1n) is 7.26. The summed E-state index contributed by atoms with van der Waals surface area (Å²) in [5.41, 5.74) is 0.797. The molecule has 24 heavy (non-hydrogen) atoms. The number of nitrogens with one attached hydrogen (secondary N) is 2. The molecular formula is C14H16N8O2. The van der Waals surface area contributed by atoms with Gasteiger partial charge in [0.1, 0.15) is 17.9 Å². The number of amides is 1. The van der Waals surface area contributed by atoms with Crippen LogP contribution < -0.4 is 10.1 Å². The maximum Gasteiger partial charge on any atom is 0.258 e. The van der Waals surface area contributed by atoms with Gasteiger partial charge < -0.3 is 10.1 Å². The highest BCUT2D eigenvalue weighted by Crippen LogP contribution is 2.14. The summed E-state index contributed by atoms with van der Waals surface area (Å²) in [5.74, 6) is 1.55. The van der Waals surface area contributed by atoms with Gasteiger partial charge in [-0.05, 0) is 48.5 Å². The van der Waals surface area contributed by atoms with Crippen LogP contribution in [-0.2, 0) is 4.79 Å². The molecule has 2 heterocycles. The first-order valence-corrected chi connectivity index (χ1v) is 7.26. The number of aryl methyl sites for hydroxylation is 1. The van der Waals surface area contributed by atoms with Crippen LogP contribution >= 0.6 is 0 Å². The molecule has 2 aromatic heterocycles. The molecule has 1 atom stereocenters. The van der Waals surface area contributed by atoms with E-state index in [0.29, 0.717) is 17.4 Å². The lowest BCUT2D eigenvalue weighted by molar-refractivity contribution is -0.123. The number of benzene rings is 1. The zero-order valence-corrected chi connectivity index (χ0v) is 13.2. The Hall–Kier alpha value is -3.30. The summed E-state index contributed by atoms with van der Waals surface area (Å²) in [7, 11) is 0. The van der Waals surface area contributed by atoms with E-state index in [1.807, 2.05) is 6.92 Å². The molecule has 0 unspecified atom stereocenters. The number of carbonyl (C=O) groups excluding carboxylic acids is 1. The van der Waals surface area contributed by atoms with Gasteiger partial charge in [-0.1, -0.05) is 0 Å². The standard InChI is InChI=1S/C14H16N8O2/c1-9(14-17-10(2)18-19-14)16-13(23)7-24-12-5-3-11(4-6-12)22-8-15-20-21-22/h3-6,8-9H,7H2,1-2H3,(H,16,23)(H,17,18,19)/t9-/m0/s1. The minimum atomic E-state index is -0.298. The van der Waals surface area contributed by atoms with Crippen molar-refractivity contribution >= 4 is 5.91 Å². The van der Waals surface area contributed by atoms with E-state index in [9.17, 15) is 4.79 Å². The minimum absolute atomic E-state index is 0.0992. The first kappa shape index (κ1) is 15.6. The summed E-state index contributed by atoms with van der Waals surface area (Å²) >= 11 is 0. The lowest BCUT2D eigenvalue weighted by Crippen LogP contribution is -2.31. The number of hydrogen-bond acceptors (Lipinski definition) is 7. The number of H-pyrrole nitrogens is 1. The molecule has 10 heteroatoms. The zero-order chi connectivity index (χ0) is 16.9. The highest BCUT2D eigenvalue weighted by atomic mass is 16.5. The largest absolute Gasteiger partial charge is 0.484 e. The average Bonchev–Trinajstić information content (AvgIpc) is 3.25. The predicted molar refractivity (Wildman–Crippen MR) is 82.3 cm³/mol. The molecule has 0 saturated carbocycles. The molecule has 0 saturated heterocycles. The Morgan fingerprint density at radius 3 is 2.79 bits per heavy atom. The van der Waals surface area contributed by atoms with E-state index in [1.165, 1.54) is 11.0 Å². The molecule has 124 valence electrons. The maximum absolute atomic E-state index is 11.9. The Kier molecular flexibility index (Phi) is 4.45. The van der Waals surface area contributed by atoms with Crippen LogP contribution in [0.5, 0.6) is 5.75 Å². The van der Waals surface area contributed by atoms with Crippen molar-refractivity contribution in [1.29, 1.82) is 0 Å². The highest BCUT2D eigenvalue weighted by Gasteiger charge is 2.14. The Labute approximate surface area is 137 Å². The minimum Gasteiger partial charge on any atom is -0.484 e. The Bertz CT molecular complexity index is 797. The van der Waals surface area contributed by atoms with Crippen molar-refractivity contribution in [1.82, 2.24) is 40.7 Å². The molecule has 10 nitrogen and oxygen atoms in total. The Morgan fingerprint density at radius 1 is 1.38 bits per heavy atom. The molecule has 0 aliphatic heterocycles. The Balaban J connectivity index is 1.51. The summed E-state index contributed by atoms with van der Waals surface area (Å²) in [4.78, 5) is 16.1. The number of ether oxygens (including phenoxy) is 1. The molecule has 0 spiro atoms. The molecule has 2 N–H and O–H groups in total. The van der Waals surface area contributed by atoms with E-state index in [2.05, 4.69) is 36.0 Å². The molecule has 3 aromatic rings. The fourth-order valence-electron chi connectivity index (χ4n) is 2.02. The number of aromatic amines is 1. The third-order valence-corrected chi connectivity index (χ3v) is 3.20. The molecule has 0 fully saturated rings. The summed E-state index contributed by atoms with van der Waals surface area (Å²) < 4.78 is 6.99. The van der Waals surface area contributed by atoms with Crippen molar-refractivity contribution in [3.8, 4) is 11.4 Å². The molecule has 0 aliphatic carbocycles. The number of aromatic nitrogens is 7. The lowest BCUT2D eigenvalue weighted by atomic mass is 10.3. The van der Waals surface area contributed by atoms with Crippen LogP contribution in [0.3, 0.4) is 0 Å². The van der Waals surface area contributed by atoms with Crippen LogP contribution in [0.4, 0.5) is 0 Å². The van der Waals surface area contributed by atoms with Crippen LogP contribution in [-0.4, -0.2) is 47.9 Å². The second kappa shape index (κ2) is 6.86. The van der Waals surface area contributed by atoms with E-state index in [4.69, 9.17) is 4.74 Å². The zero-order valence-electron chi connectivity index (χ0n) is 13.2. The van der Waals surface area contributed by atoms with Gasteiger partial charge in [-0.25, -0.2) is 9.67 Å². The second-order valence-electron chi connectivity index (χ2n) is 5.11. The maximum atomic E-state index is 11.9. The van der Waals surface area contributed by atoms with Gasteiger partial charge in [0, 0.05) is 0 Å². The number of tetrazole rings is 1. The third kappa shape index (κ3) is 3.72. The van der Waals surface area contributed by atoms with Crippen molar-refractivity contribution in [2.45, 2.75) is 19.9 Å². The van der Waals surface area contributed by atoms with Gasteiger partial charge in [0.25, 0.3) is 5.91 Å².